The van der Waals surface area contributed by atoms with E-state index in [0.717, 1.165) is 0 Å². The minimum atomic E-state index is -6.00. The van der Waals surface area contributed by atoms with Crippen LogP contribution >= 0.6 is 0 Å². The first kappa shape index (κ1) is 17.7. The van der Waals surface area contributed by atoms with E-state index in [-0.39, 0.29) is 0 Å². The van der Waals surface area contributed by atoms with Crippen molar-refractivity contribution in [3.05, 3.63) is 0 Å². The second-order valence-electron chi connectivity index (χ2n) is 2.07. The summed E-state index contributed by atoms with van der Waals surface area (Å²) in [6, 6.07) is 0. The van der Waals surface area contributed by atoms with Gasteiger partial charge in [-0.05, 0) is 0 Å². The van der Waals surface area contributed by atoms with Crippen LogP contribution < -0.4 is 5.32 Å². The summed E-state index contributed by atoms with van der Waals surface area (Å²) in [5.41, 5.74) is 0. The van der Waals surface area contributed by atoms with E-state index in [9.17, 15) is 17.3 Å². The highest BCUT2D eigenvalue weighted by Crippen LogP contribution is 2.06. The number of quaternary nitrogens is 1. The zero-order chi connectivity index (χ0) is 10.6. The van der Waals surface area contributed by atoms with Gasteiger partial charge in [0, 0.05) is 0 Å². The Morgan fingerprint density at radius 2 is 1.00 bits per heavy atom. The fourth-order valence-electron chi connectivity index (χ4n) is 0. The minimum absolute atomic E-state index is 1.32. The highest BCUT2D eigenvalue weighted by molar-refractivity contribution is 6.50. The van der Waals surface area contributed by atoms with Crippen molar-refractivity contribution in [2.24, 2.45) is 0 Å². The van der Waals surface area contributed by atoms with Gasteiger partial charge in [0.15, 0.2) is 0 Å². The van der Waals surface area contributed by atoms with Gasteiger partial charge in [0.2, 0.25) is 0 Å². The van der Waals surface area contributed by atoms with Gasteiger partial charge in [-0.15, -0.1) is 0 Å². The predicted octanol–water partition coefficient (Wildman–Crippen LogP) is 1.92. The molecule has 0 aromatic carbocycles. The fraction of sp³-hybridized carbons (Fsp3) is 1.00. The molecule has 0 unspecified atom stereocenters. The van der Waals surface area contributed by atoms with Crippen LogP contribution in [0.3, 0.4) is 0 Å². The van der Waals surface area contributed by atoms with Gasteiger partial charge >= 0.3 is 7.25 Å². The summed E-state index contributed by atoms with van der Waals surface area (Å²) in [7, 11) is -2.00. The molecular weight excluding hydrogens is 173 g/mol. The number of nitrogens with two attached hydrogens (primary N) is 1. The van der Waals surface area contributed by atoms with Crippen LogP contribution in [0, 0.1) is 0 Å². The Balaban J connectivity index is -0.000000105. The molecule has 0 aliphatic heterocycles. The summed E-state index contributed by atoms with van der Waals surface area (Å²) >= 11 is 0. The normalized spacial score (nSPS) is 9.00. The molecule has 78 valence electrons. The SMILES string of the molecule is CCCC.C[NH2+]C.F[B-](F)(F)F. The van der Waals surface area contributed by atoms with Crippen LogP contribution in [0.15, 0.2) is 0 Å². The molecule has 0 aromatic rings. The molecule has 0 saturated carbocycles. The highest BCUT2D eigenvalue weighted by Gasteiger charge is 2.20. The van der Waals surface area contributed by atoms with Crippen molar-refractivity contribution < 1.29 is 22.6 Å². The largest absolute Gasteiger partial charge is 0.673 e. The number of hydrogen-bond donors (Lipinski definition) is 1. The average Bonchev–Trinajstić information content (AvgIpc) is 1.85. The van der Waals surface area contributed by atoms with Crippen LogP contribution in [0.25, 0.3) is 0 Å². The van der Waals surface area contributed by atoms with Crippen molar-refractivity contribution in [2.45, 2.75) is 26.7 Å². The molecule has 0 aliphatic carbocycles. The number of hydrogen-bond acceptors (Lipinski definition) is 0. The van der Waals surface area contributed by atoms with E-state index in [0.29, 0.717) is 0 Å². The van der Waals surface area contributed by atoms with Gasteiger partial charge in [0.1, 0.15) is 0 Å². The van der Waals surface area contributed by atoms with E-state index < -0.39 is 7.25 Å². The van der Waals surface area contributed by atoms with Crippen molar-refractivity contribution in [3.63, 3.8) is 0 Å². The Kier molecular flexibility index (Phi) is 19.7. The van der Waals surface area contributed by atoms with E-state index >= 15 is 0 Å². The van der Waals surface area contributed by atoms with Crippen LogP contribution in [0.1, 0.15) is 26.7 Å². The summed E-state index contributed by atoms with van der Waals surface area (Å²) in [6.07, 6.45) is 2.64. The topological polar surface area (TPSA) is 16.6 Å². The number of rotatable bonds is 1. The Morgan fingerprint density at radius 1 is 0.917 bits per heavy atom. The standard InChI is InChI=1S/C4H10.C2H7N.BF4/c1-3-4-2;1-3-2;2-1(3,4)5/h3-4H2,1-2H3;3H,1-2H3;/q;;-1/p+1. The van der Waals surface area contributed by atoms with Crippen molar-refractivity contribution in [1.29, 1.82) is 0 Å². The molecule has 2 N–H and O–H groups in total. The Bertz CT molecular complexity index is 59.1. The monoisotopic (exact) mass is 191 g/mol. The molecule has 0 rings (SSSR count). The van der Waals surface area contributed by atoms with Crippen molar-refractivity contribution in [2.75, 3.05) is 14.1 Å². The van der Waals surface area contributed by atoms with E-state index in [2.05, 4.69) is 13.8 Å². The van der Waals surface area contributed by atoms with E-state index in [1.54, 1.807) is 0 Å². The molecule has 12 heavy (non-hydrogen) atoms. The molecule has 0 bridgehead atoms. The maximum absolute atomic E-state index is 9.75. The zero-order valence-corrected chi connectivity index (χ0v) is 8.08. The lowest BCUT2D eigenvalue weighted by molar-refractivity contribution is -0.597. The van der Waals surface area contributed by atoms with Crippen molar-refractivity contribution in [1.82, 2.24) is 0 Å². The minimum Gasteiger partial charge on any atom is -0.418 e. The Morgan fingerprint density at radius 3 is 1.00 bits per heavy atom. The zero-order valence-electron chi connectivity index (χ0n) is 8.08. The Labute approximate surface area is 71.6 Å². The molecule has 0 aliphatic rings. The molecule has 0 fully saturated rings. The lowest BCUT2D eigenvalue weighted by Crippen LogP contribution is -2.74. The summed E-state index contributed by atoms with van der Waals surface area (Å²) < 4.78 is 39.0. The average molecular weight is 191 g/mol. The quantitative estimate of drug-likeness (QED) is 0.481. The summed E-state index contributed by atoms with van der Waals surface area (Å²) in [5.74, 6) is 0. The Hall–Kier alpha value is -0.255. The van der Waals surface area contributed by atoms with E-state index in [1.807, 2.05) is 19.4 Å². The lowest BCUT2D eigenvalue weighted by atomic mass is 10.3. The van der Waals surface area contributed by atoms with Crippen LogP contribution in [0.5, 0.6) is 0 Å². The predicted molar refractivity (Wildman–Crippen MR) is 44.5 cm³/mol. The molecule has 1 nitrogen and oxygen atoms in total. The first-order valence-corrected chi connectivity index (χ1v) is 3.94. The second-order valence-corrected chi connectivity index (χ2v) is 2.07. The third-order valence-electron chi connectivity index (χ3n) is 0.500. The van der Waals surface area contributed by atoms with E-state index in [4.69, 9.17) is 0 Å². The van der Waals surface area contributed by atoms with Gasteiger partial charge < -0.3 is 22.6 Å². The number of halogens is 4. The second kappa shape index (κ2) is 13.3. The van der Waals surface area contributed by atoms with Crippen molar-refractivity contribution >= 4 is 7.25 Å². The highest BCUT2D eigenvalue weighted by atomic mass is 19.5. The van der Waals surface area contributed by atoms with Crippen LogP contribution in [0.2, 0.25) is 0 Å². The van der Waals surface area contributed by atoms with Gasteiger partial charge in [-0.1, -0.05) is 26.7 Å². The molecule has 6 heteroatoms. The molecule has 0 saturated heterocycles. The van der Waals surface area contributed by atoms with Gasteiger partial charge in [-0.3, -0.25) is 0 Å². The molecule has 0 amide bonds. The third-order valence-corrected chi connectivity index (χ3v) is 0.500. The fourth-order valence-corrected chi connectivity index (χ4v) is 0. The molecule has 0 aromatic heterocycles. The summed E-state index contributed by atoms with van der Waals surface area (Å²) in [5, 5.41) is 2.00. The van der Waals surface area contributed by atoms with Crippen LogP contribution in [-0.4, -0.2) is 21.3 Å². The molecule has 0 radical (unpaired) electrons. The molecule has 0 heterocycles. The lowest BCUT2D eigenvalue weighted by Gasteiger charge is -1.94. The number of unbranched alkanes of at least 4 members (excludes halogenated alkanes) is 1. The van der Waals surface area contributed by atoms with Gasteiger partial charge in [0.25, 0.3) is 0 Å². The molecule has 0 atom stereocenters. The maximum atomic E-state index is 9.75. The summed E-state index contributed by atoms with van der Waals surface area (Å²) in [4.78, 5) is 0. The molecule has 0 spiro atoms. The first-order chi connectivity index (χ1) is 5.33. The van der Waals surface area contributed by atoms with E-state index in [1.165, 1.54) is 12.8 Å². The molecular formula is C6H18BF4N. The maximum Gasteiger partial charge on any atom is 0.673 e. The smallest absolute Gasteiger partial charge is 0.418 e. The third kappa shape index (κ3) is 1340. The van der Waals surface area contributed by atoms with Crippen LogP contribution in [0.4, 0.5) is 17.3 Å². The first-order valence-electron chi connectivity index (χ1n) is 3.94. The van der Waals surface area contributed by atoms with Gasteiger partial charge in [0.05, 0.1) is 14.1 Å². The van der Waals surface area contributed by atoms with Crippen molar-refractivity contribution in [3.8, 4) is 0 Å². The summed E-state index contributed by atoms with van der Waals surface area (Å²) in [6.45, 7) is 4.36. The van der Waals surface area contributed by atoms with Gasteiger partial charge in [-0.25, -0.2) is 0 Å². The van der Waals surface area contributed by atoms with Crippen LogP contribution in [-0.2, 0) is 0 Å². The van der Waals surface area contributed by atoms with Gasteiger partial charge in [-0.2, -0.15) is 0 Å².